The monoisotopic (exact) mass is 339 g/mol. The van der Waals surface area contributed by atoms with Crippen molar-refractivity contribution in [1.82, 2.24) is 10.1 Å². The molecule has 1 aromatic heterocycles. The molecular formula is C14H15BrFN3O. The Bertz CT molecular complexity index is 608. The maximum Gasteiger partial charge on any atom is 0.230 e. The van der Waals surface area contributed by atoms with E-state index in [0.717, 1.165) is 31.2 Å². The van der Waals surface area contributed by atoms with Crippen molar-refractivity contribution < 1.29 is 8.91 Å². The molecule has 6 heteroatoms. The smallest absolute Gasteiger partial charge is 0.230 e. The van der Waals surface area contributed by atoms with Crippen molar-refractivity contribution in [2.24, 2.45) is 5.73 Å². The molecule has 0 aliphatic heterocycles. The molecule has 0 atom stereocenters. The molecule has 3 rings (SSSR count). The van der Waals surface area contributed by atoms with Crippen LogP contribution < -0.4 is 5.73 Å². The van der Waals surface area contributed by atoms with Gasteiger partial charge in [0.1, 0.15) is 5.82 Å². The predicted octanol–water partition coefficient (Wildman–Crippen LogP) is 3.62. The Morgan fingerprint density at radius 1 is 1.25 bits per heavy atom. The van der Waals surface area contributed by atoms with Crippen LogP contribution in [0.15, 0.2) is 27.2 Å². The van der Waals surface area contributed by atoms with E-state index in [0.29, 0.717) is 28.1 Å². The first-order valence-electron chi connectivity index (χ1n) is 6.68. The zero-order chi connectivity index (χ0) is 14.1. The van der Waals surface area contributed by atoms with Crippen molar-refractivity contribution in [2.75, 3.05) is 0 Å². The summed E-state index contributed by atoms with van der Waals surface area (Å²) in [5, 5.41) is 3.99. The largest absolute Gasteiger partial charge is 0.339 e. The van der Waals surface area contributed by atoms with E-state index in [2.05, 4.69) is 26.1 Å². The van der Waals surface area contributed by atoms with Crippen molar-refractivity contribution in [3.8, 4) is 11.4 Å². The van der Waals surface area contributed by atoms with E-state index in [9.17, 15) is 4.39 Å². The highest BCUT2D eigenvalue weighted by Gasteiger charge is 2.25. The van der Waals surface area contributed by atoms with Gasteiger partial charge in [0.05, 0.1) is 4.47 Å². The summed E-state index contributed by atoms with van der Waals surface area (Å²) in [6.07, 6.45) is 3.95. The Hall–Kier alpha value is -1.27. The Labute approximate surface area is 124 Å². The van der Waals surface area contributed by atoms with E-state index in [4.69, 9.17) is 10.3 Å². The van der Waals surface area contributed by atoms with Crippen LogP contribution in [0.4, 0.5) is 4.39 Å². The van der Waals surface area contributed by atoms with Gasteiger partial charge in [-0.3, -0.25) is 0 Å². The molecule has 2 aromatic rings. The summed E-state index contributed by atoms with van der Waals surface area (Å²) < 4.78 is 19.0. The third kappa shape index (κ3) is 2.76. The van der Waals surface area contributed by atoms with E-state index < -0.39 is 0 Å². The van der Waals surface area contributed by atoms with Crippen LogP contribution in [-0.2, 0) is 0 Å². The minimum atomic E-state index is -0.307. The second-order valence-electron chi connectivity index (χ2n) is 5.20. The number of rotatable bonds is 2. The highest BCUT2D eigenvalue weighted by Crippen LogP contribution is 2.32. The van der Waals surface area contributed by atoms with E-state index in [1.54, 1.807) is 12.1 Å². The average molecular weight is 340 g/mol. The summed E-state index contributed by atoms with van der Waals surface area (Å²) in [7, 11) is 0. The molecule has 1 aromatic carbocycles. The summed E-state index contributed by atoms with van der Waals surface area (Å²) in [6, 6.07) is 4.98. The van der Waals surface area contributed by atoms with Crippen LogP contribution in [0, 0.1) is 5.82 Å². The van der Waals surface area contributed by atoms with Gasteiger partial charge in [0.15, 0.2) is 0 Å². The first-order chi connectivity index (χ1) is 9.63. The number of hydrogen-bond acceptors (Lipinski definition) is 4. The van der Waals surface area contributed by atoms with Crippen LogP contribution in [0.25, 0.3) is 11.4 Å². The third-order valence-corrected chi connectivity index (χ3v) is 4.35. The summed E-state index contributed by atoms with van der Waals surface area (Å²) in [4.78, 5) is 4.44. The van der Waals surface area contributed by atoms with Crippen LogP contribution in [0.3, 0.4) is 0 Å². The lowest BCUT2D eigenvalue weighted by molar-refractivity contribution is 0.301. The minimum absolute atomic E-state index is 0.292. The molecule has 4 nitrogen and oxygen atoms in total. The number of nitrogens with zero attached hydrogens (tertiary/aromatic N) is 2. The van der Waals surface area contributed by atoms with E-state index in [-0.39, 0.29) is 5.82 Å². The van der Waals surface area contributed by atoms with Gasteiger partial charge < -0.3 is 10.3 Å². The second-order valence-corrected chi connectivity index (χ2v) is 6.05. The fourth-order valence-corrected chi connectivity index (χ4v) is 2.90. The highest BCUT2D eigenvalue weighted by atomic mass is 79.9. The molecule has 0 saturated heterocycles. The van der Waals surface area contributed by atoms with E-state index in [1.165, 1.54) is 6.07 Å². The lowest BCUT2D eigenvalue weighted by Gasteiger charge is -2.22. The molecule has 0 amide bonds. The highest BCUT2D eigenvalue weighted by molar-refractivity contribution is 9.10. The Balaban J connectivity index is 1.81. The molecule has 1 aliphatic carbocycles. The van der Waals surface area contributed by atoms with Crippen molar-refractivity contribution in [3.63, 3.8) is 0 Å². The molecule has 1 saturated carbocycles. The zero-order valence-corrected chi connectivity index (χ0v) is 12.4. The normalized spacial score (nSPS) is 22.9. The molecule has 1 heterocycles. The van der Waals surface area contributed by atoms with Gasteiger partial charge in [0, 0.05) is 17.5 Å². The number of aromatic nitrogens is 2. The molecule has 106 valence electrons. The van der Waals surface area contributed by atoms with Crippen LogP contribution in [0.5, 0.6) is 0 Å². The maximum atomic E-state index is 13.2. The maximum absolute atomic E-state index is 13.2. The van der Waals surface area contributed by atoms with Crippen LogP contribution in [0.1, 0.15) is 37.5 Å². The molecule has 1 fully saturated rings. The molecule has 2 N–H and O–H groups in total. The van der Waals surface area contributed by atoms with Gasteiger partial charge in [-0.25, -0.2) is 4.39 Å². The molecular weight excluding hydrogens is 325 g/mol. The molecule has 1 aliphatic rings. The van der Waals surface area contributed by atoms with Crippen molar-refractivity contribution >= 4 is 15.9 Å². The second kappa shape index (κ2) is 5.61. The van der Waals surface area contributed by atoms with Gasteiger partial charge in [-0.15, -0.1) is 0 Å². The van der Waals surface area contributed by atoms with Gasteiger partial charge in [-0.05, 0) is 59.8 Å². The first kappa shape index (κ1) is 13.7. The fraction of sp³-hybridized carbons (Fsp3) is 0.429. The molecule has 0 bridgehead atoms. The average Bonchev–Trinajstić information content (AvgIpc) is 2.92. The fourth-order valence-electron chi connectivity index (χ4n) is 2.52. The molecule has 0 unspecified atom stereocenters. The number of nitrogens with two attached hydrogens (primary N) is 1. The van der Waals surface area contributed by atoms with Gasteiger partial charge in [-0.1, -0.05) is 5.16 Å². The number of benzene rings is 1. The topological polar surface area (TPSA) is 64.9 Å². The third-order valence-electron chi connectivity index (χ3n) is 3.74. The SMILES string of the molecule is NC1CCC(c2nc(-c3ccc(F)c(Br)c3)no2)CC1. The standard InChI is InChI=1S/C14H15BrFN3O/c15-11-7-9(3-6-12(11)16)13-18-14(20-19-13)8-1-4-10(17)5-2-8/h3,6-8,10H,1-2,4-5,17H2. The molecule has 0 radical (unpaired) electrons. The Morgan fingerprint density at radius 2 is 2.00 bits per heavy atom. The van der Waals surface area contributed by atoms with Crippen molar-refractivity contribution in [1.29, 1.82) is 0 Å². The lowest BCUT2D eigenvalue weighted by Crippen LogP contribution is -2.25. The summed E-state index contributed by atoms with van der Waals surface area (Å²) in [6.45, 7) is 0. The van der Waals surface area contributed by atoms with Gasteiger partial charge in [0.2, 0.25) is 11.7 Å². The quantitative estimate of drug-likeness (QED) is 0.907. The van der Waals surface area contributed by atoms with Crippen LogP contribution in [-0.4, -0.2) is 16.2 Å². The first-order valence-corrected chi connectivity index (χ1v) is 7.47. The van der Waals surface area contributed by atoms with Gasteiger partial charge in [0.25, 0.3) is 0 Å². The Morgan fingerprint density at radius 3 is 2.70 bits per heavy atom. The number of halogens is 2. The minimum Gasteiger partial charge on any atom is -0.339 e. The van der Waals surface area contributed by atoms with Crippen LogP contribution in [0.2, 0.25) is 0 Å². The van der Waals surface area contributed by atoms with Gasteiger partial charge >= 0.3 is 0 Å². The Kier molecular flexibility index (Phi) is 3.85. The predicted molar refractivity (Wildman–Crippen MR) is 76.6 cm³/mol. The summed E-state index contributed by atoms with van der Waals surface area (Å²) in [5.41, 5.74) is 6.63. The number of hydrogen-bond donors (Lipinski definition) is 1. The zero-order valence-electron chi connectivity index (χ0n) is 10.9. The molecule has 0 spiro atoms. The van der Waals surface area contributed by atoms with Crippen LogP contribution >= 0.6 is 15.9 Å². The van der Waals surface area contributed by atoms with E-state index in [1.807, 2.05) is 0 Å². The van der Waals surface area contributed by atoms with Crippen molar-refractivity contribution in [2.45, 2.75) is 37.6 Å². The van der Waals surface area contributed by atoms with Gasteiger partial charge in [-0.2, -0.15) is 4.98 Å². The summed E-state index contributed by atoms with van der Waals surface area (Å²) >= 11 is 3.16. The lowest BCUT2D eigenvalue weighted by atomic mass is 9.86. The molecule has 20 heavy (non-hydrogen) atoms. The van der Waals surface area contributed by atoms with Crippen molar-refractivity contribution in [3.05, 3.63) is 34.4 Å². The summed E-state index contributed by atoms with van der Waals surface area (Å²) in [5.74, 6) is 1.14. The van der Waals surface area contributed by atoms with E-state index >= 15 is 0 Å².